The Balaban J connectivity index is 3.10. The summed E-state index contributed by atoms with van der Waals surface area (Å²) < 4.78 is 12.8. The molecule has 1 atom stereocenters. The average Bonchev–Trinajstić information content (AvgIpc) is 2.17. The van der Waals surface area contributed by atoms with E-state index in [0.717, 1.165) is 5.56 Å². The molecule has 1 N–H and O–H groups in total. The fourth-order valence-electron chi connectivity index (χ4n) is 1.62. The second-order valence-electron chi connectivity index (χ2n) is 4.25. The van der Waals surface area contributed by atoms with Crippen LogP contribution in [-0.4, -0.2) is 30.1 Å². The Bertz CT molecular complexity index is 375. The van der Waals surface area contributed by atoms with Gasteiger partial charge in [0.25, 0.3) is 0 Å². The summed E-state index contributed by atoms with van der Waals surface area (Å²) in [6.07, 6.45) is -0.0222. The molecule has 0 radical (unpaired) electrons. The van der Waals surface area contributed by atoms with E-state index in [1.54, 1.807) is 12.1 Å². The van der Waals surface area contributed by atoms with Gasteiger partial charge in [0.05, 0.1) is 12.0 Å². The second kappa shape index (κ2) is 4.61. The lowest BCUT2D eigenvalue weighted by Crippen LogP contribution is -2.40. The Kier molecular flexibility index (Phi) is 3.65. The zero-order chi connectivity index (χ0) is 12.3. The number of carbonyl (C=O) groups is 1. The average molecular weight is 225 g/mol. The van der Waals surface area contributed by atoms with Gasteiger partial charge in [-0.25, -0.2) is 4.39 Å². The number of benzene rings is 1. The Morgan fingerprint density at radius 1 is 1.38 bits per heavy atom. The van der Waals surface area contributed by atoms with Crippen LogP contribution >= 0.6 is 0 Å². The first kappa shape index (κ1) is 12.6. The van der Waals surface area contributed by atoms with Crippen LogP contribution in [0.1, 0.15) is 18.9 Å². The van der Waals surface area contributed by atoms with Gasteiger partial charge in [-0.05, 0) is 38.7 Å². The van der Waals surface area contributed by atoms with Crippen LogP contribution in [0.5, 0.6) is 0 Å². The molecule has 0 aliphatic carbocycles. The summed E-state index contributed by atoms with van der Waals surface area (Å²) in [5.74, 6) is -1.19. The molecule has 0 spiro atoms. The highest BCUT2D eigenvalue weighted by molar-refractivity contribution is 5.68. The van der Waals surface area contributed by atoms with Crippen LogP contribution in [0.15, 0.2) is 24.3 Å². The minimum atomic E-state index is -0.875. The lowest BCUT2D eigenvalue weighted by atomic mass is 9.87. The van der Waals surface area contributed by atoms with E-state index in [1.807, 2.05) is 25.9 Å². The molecule has 3 nitrogen and oxygen atoms in total. The van der Waals surface area contributed by atoms with Gasteiger partial charge in [-0.1, -0.05) is 12.1 Å². The molecule has 0 saturated carbocycles. The van der Waals surface area contributed by atoms with Gasteiger partial charge in [-0.2, -0.15) is 0 Å². The van der Waals surface area contributed by atoms with Gasteiger partial charge >= 0.3 is 5.97 Å². The Morgan fingerprint density at radius 3 is 2.25 bits per heavy atom. The summed E-state index contributed by atoms with van der Waals surface area (Å²) in [5, 5.41) is 8.91. The van der Waals surface area contributed by atoms with Crippen LogP contribution in [0, 0.1) is 5.82 Å². The molecular weight excluding hydrogens is 209 g/mol. The summed E-state index contributed by atoms with van der Waals surface area (Å²) in [7, 11) is 3.62. The van der Waals surface area contributed by atoms with Gasteiger partial charge in [-0.15, -0.1) is 0 Å². The molecule has 0 amide bonds. The lowest BCUT2D eigenvalue weighted by Gasteiger charge is -2.35. The van der Waals surface area contributed by atoms with Crippen molar-refractivity contribution in [2.24, 2.45) is 0 Å². The molecule has 1 aromatic carbocycles. The molecule has 0 bridgehead atoms. The van der Waals surface area contributed by atoms with Crippen LogP contribution in [0.4, 0.5) is 4.39 Å². The van der Waals surface area contributed by atoms with Gasteiger partial charge in [-0.3, -0.25) is 9.69 Å². The third kappa shape index (κ3) is 2.58. The van der Waals surface area contributed by atoms with Crippen LogP contribution < -0.4 is 0 Å². The van der Waals surface area contributed by atoms with Crippen LogP contribution in [0.2, 0.25) is 0 Å². The quantitative estimate of drug-likeness (QED) is 0.852. The van der Waals surface area contributed by atoms with Crippen LogP contribution in [-0.2, 0) is 10.3 Å². The monoisotopic (exact) mass is 225 g/mol. The van der Waals surface area contributed by atoms with Gasteiger partial charge in [0.15, 0.2) is 0 Å². The SMILES string of the molecule is CN(C)C(C)(CC(=O)O)c1ccc(F)cc1. The van der Waals surface area contributed by atoms with Crippen molar-refractivity contribution < 1.29 is 14.3 Å². The third-order valence-electron chi connectivity index (χ3n) is 2.95. The maximum atomic E-state index is 12.8. The molecule has 1 rings (SSSR count). The van der Waals surface area contributed by atoms with E-state index in [9.17, 15) is 9.18 Å². The second-order valence-corrected chi connectivity index (χ2v) is 4.25. The fraction of sp³-hybridized carbons (Fsp3) is 0.417. The van der Waals surface area contributed by atoms with Gasteiger partial charge in [0, 0.05) is 0 Å². The number of rotatable bonds is 4. The van der Waals surface area contributed by atoms with Crippen molar-refractivity contribution in [3.63, 3.8) is 0 Å². The van der Waals surface area contributed by atoms with Crippen molar-refractivity contribution >= 4 is 5.97 Å². The predicted molar refractivity (Wildman–Crippen MR) is 59.7 cm³/mol. The number of nitrogens with zero attached hydrogens (tertiary/aromatic N) is 1. The summed E-state index contributed by atoms with van der Waals surface area (Å²) in [5.41, 5.74) is 0.167. The molecule has 0 heterocycles. The number of halogens is 1. The van der Waals surface area contributed by atoms with E-state index in [2.05, 4.69) is 0 Å². The maximum Gasteiger partial charge on any atom is 0.305 e. The van der Waals surface area contributed by atoms with Crippen molar-refractivity contribution in [3.8, 4) is 0 Å². The molecule has 4 heteroatoms. The number of hydrogen-bond donors (Lipinski definition) is 1. The van der Waals surface area contributed by atoms with E-state index < -0.39 is 11.5 Å². The van der Waals surface area contributed by atoms with Crippen molar-refractivity contribution in [1.29, 1.82) is 0 Å². The predicted octanol–water partition coefficient (Wildman–Crippen LogP) is 2.08. The van der Waals surface area contributed by atoms with Crippen molar-refractivity contribution in [2.75, 3.05) is 14.1 Å². The topological polar surface area (TPSA) is 40.5 Å². The highest BCUT2D eigenvalue weighted by Crippen LogP contribution is 2.29. The molecule has 0 fully saturated rings. The lowest BCUT2D eigenvalue weighted by molar-refractivity contribution is -0.140. The van der Waals surface area contributed by atoms with Crippen LogP contribution in [0.25, 0.3) is 0 Å². The number of carboxylic acids is 1. The first-order chi connectivity index (χ1) is 7.36. The van der Waals surface area contributed by atoms with E-state index >= 15 is 0 Å². The zero-order valence-electron chi connectivity index (χ0n) is 9.70. The third-order valence-corrected chi connectivity index (χ3v) is 2.95. The van der Waals surface area contributed by atoms with Gasteiger partial charge in [0.1, 0.15) is 5.82 Å². The molecule has 0 aromatic heterocycles. The highest BCUT2D eigenvalue weighted by Gasteiger charge is 2.31. The van der Waals surface area contributed by atoms with E-state index in [0.29, 0.717) is 0 Å². The minimum Gasteiger partial charge on any atom is -0.481 e. The van der Waals surface area contributed by atoms with E-state index in [4.69, 9.17) is 5.11 Å². The molecule has 0 aliphatic heterocycles. The first-order valence-electron chi connectivity index (χ1n) is 5.01. The molecule has 0 aliphatic rings. The van der Waals surface area contributed by atoms with Crippen LogP contribution in [0.3, 0.4) is 0 Å². The first-order valence-corrected chi connectivity index (χ1v) is 5.01. The van der Waals surface area contributed by atoms with Crippen molar-refractivity contribution in [1.82, 2.24) is 4.90 Å². The van der Waals surface area contributed by atoms with Crippen molar-refractivity contribution in [3.05, 3.63) is 35.6 Å². The van der Waals surface area contributed by atoms with Gasteiger partial charge < -0.3 is 5.11 Å². The summed E-state index contributed by atoms with van der Waals surface area (Å²) in [6, 6.07) is 5.94. The maximum absolute atomic E-state index is 12.8. The van der Waals surface area contributed by atoms with Crippen molar-refractivity contribution in [2.45, 2.75) is 18.9 Å². The standard InChI is InChI=1S/C12H16FNO2/c1-12(14(2)3,8-11(15)16)9-4-6-10(13)7-5-9/h4-7H,8H2,1-3H3,(H,15,16). The number of carboxylic acid groups (broad SMARTS) is 1. The van der Waals surface area contributed by atoms with E-state index in [-0.39, 0.29) is 12.2 Å². The molecular formula is C12H16FNO2. The fourth-order valence-corrected chi connectivity index (χ4v) is 1.62. The van der Waals surface area contributed by atoms with Gasteiger partial charge in [0.2, 0.25) is 0 Å². The number of aliphatic carboxylic acids is 1. The molecule has 1 aromatic rings. The molecule has 88 valence electrons. The number of hydrogen-bond acceptors (Lipinski definition) is 2. The Morgan fingerprint density at radius 2 is 1.88 bits per heavy atom. The Labute approximate surface area is 94.5 Å². The summed E-state index contributed by atoms with van der Waals surface area (Å²) in [4.78, 5) is 12.7. The normalized spacial score (nSPS) is 14.8. The molecule has 16 heavy (non-hydrogen) atoms. The zero-order valence-corrected chi connectivity index (χ0v) is 9.70. The summed E-state index contributed by atoms with van der Waals surface area (Å²) >= 11 is 0. The molecule has 1 unspecified atom stereocenters. The smallest absolute Gasteiger partial charge is 0.305 e. The summed E-state index contributed by atoms with van der Waals surface area (Å²) in [6.45, 7) is 1.83. The highest BCUT2D eigenvalue weighted by atomic mass is 19.1. The minimum absolute atomic E-state index is 0.0222. The van der Waals surface area contributed by atoms with E-state index in [1.165, 1.54) is 12.1 Å². The molecule has 0 saturated heterocycles. The largest absolute Gasteiger partial charge is 0.481 e. The Hall–Kier alpha value is -1.42.